The lowest BCUT2D eigenvalue weighted by atomic mass is 10.1. The number of hydrogen-bond acceptors (Lipinski definition) is 4. The highest BCUT2D eigenvalue weighted by atomic mass is 19.1. The molecule has 24 heavy (non-hydrogen) atoms. The van der Waals surface area contributed by atoms with Gasteiger partial charge in [0.1, 0.15) is 5.82 Å². The fraction of sp³-hybridized carbons (Fsp3) is 0.167. The van der Waals surface area contributed by atoms with Crippen LogP contribution in [0.1, 0.15) is 23.2 Å². The summed E-state index contributed by atoms with van der Waals surface area (Å²) in [6, 6.07) is 14.5. The van der Waals surface area contributed by atoms with E-state index >= 15 is 0 Å². The topological polar surface area (TPSA) is 65.1 Å². The van der Waals surface area contributed by atoms with Gasteiger partial charge in [0.15, 0.2) is 5.78 Å². The number of benzene rings is 2. The summed E-state index contributed by atoms with van der Waals surface area (Å²) in [7, 11) is 0. The molecule has 0 unspecified atom stereocenters. The van der Waals surface area contributed by atoms with E-state index in [1.807, 2.05) is 18.2 Å². The first-order valence-electron chi connectivity index (χ1n) is 7.55. The molecule has 122 valence electrons. The van der Waals surface area contributed by atoms with E-state index in [1.165, 1.54) is 28.9 Å². The maximum absolute atomic E-state index is 12.9. The van der Waals surface area contributed by atoms with Crippen LogP contribution in [0.5, 0.6) is 0 Å². The van der Waals surface area contributed by atoms with Gasteiger partial charge in [-0.25, -0.2) is 9.18 Å². The second kappa shape index (κ2) is 7.04. The molecule has 0 aliphatic heterocycles. The molecule has 0 fully saturated rings. The van der Waals surface area contributed by atoms with Gasteiger partial charge in [-0.05, 0) is 30.7 Å². The first-order chi connectivity index (χ1) is 11.6. The van der Waals surface area contributed by atoms with Gasteiger partial charge in [-0.15, -0.1) is 5.10 Å². The number of aryl methyl sites for hydroxylation is 1. The molecule has 0 spiro atoms. The first kappa shape index (κ1) is 15.9. The number of ketones is 1. The summed E-state index contributed by atoms with van der Waals surface area (Å²) in [6.45, 7) is 0.280. The number of aromatic nitrogens is 2. The maximum atomic E-state index is 12.9. The van der Waals surface area contributed by atoms with E-state index < -0.39 is 5.76 Å². The van der Waals surface area contributed by atoms with Crippen LogP contribution in [-0.4, -0.2) is 15.6 Å². The molecule has 1 aromatic heterocycles. The van der Waals surface area contributed by atoms with Crippen LogP contribution in [0, 0.1) is 5.82 Å². The molecule has 0 aliphatic rings. The Balaban J connectivity index is 1.63. The molecule has 0 radical (unpaired) electrons. The van der Waals surface area contributed by atoms with Crippen molar-refractivity contribution in [1.82, 2.24) is 9.78 Å². The summed E-state index contributed by atoms with van der Waals surface area (Å²) in [5, 5.41) is 4.08. The van der Waals surface area contributed by atoms with Gasteiger partial charge in [-0.1, -0.05) is 30.3 Å². The largest absolute Gasteiger partial charge is 0.437 e. The van der Waals surface area contributed by atoms with Crippen molar-refractivity contribution in [2.24, 2.45) is 0 Å². The monoisotopic (exact) mass is 326 g/mol. The van der Waals surface area contributed by atoms with Crippen molar-refractivity contribution in [3.63, 3.8) is 0 Å². The normalized spacial score (nSPS) is 10.7. The Kier molecular flexibility index (Phi) is 4.65. The van der Waals surface area contributed by atoms with Crippen LogP contribution in [0.15, 0.2) is 63.8 Å². The highest BCUT2D eigenvalue weighted by molar-refractivity contribution is 5.95. The summed E-state index contributed by atoms with van der Waals surface area (Å²) in [5.41, 5.74) is 1.17. The number of halogens is 1. The zero-order chi connectivity index (χ0) is 16.9. The van der Waals surface area contributed by atoms with Gasteiger partial charge in [-0.3, -0.25) is 4.79 Å². The molecular formula is C18H15FN2O3. The van der Waals surface area contributed by atoms with E-state index in [1.54, 1.807) is 12.1 Å². The van der Waals surface area contributed by atoms with Gasteiger partial charge in [-0.2, -0.15) is 4.68 Å². The van der Waals surface area contributed by atoms with Crippen LogP contribution in [0.2, 0.25) is 0 Å². The van der Waals surface area contributed by atoms with Gasteiger partial charge < -0.3 is 4.42 Å². The maximum Gasteiger partial charge on any atom is 0.437 e. The molecule has 0 saturated heterocycles. The van der Waals surface area contributed by atoms with Gasteiger partial charge in [0.2, 0.25) is 5.89 Å². The Morgan fingerprint density at radius 3 is 2.50 bits per heavy atom. The van der Waals surface area contributed by atoms with Crippen molar-refractivity contribution in [1.29, 1.82) is 0 Å². The Labute approximate surface area is 137 Å². The van der Waals surface area contributed by atoms with Crippen molar-refractivity contribution in [3.8, 4) is 11.5 Å². The number of carbonyl (C=O) groups is 1. The minimum absolute atomic E-state index is 0.0194. The van der Waals surface area contributed by atoms with Crippen LogP contribution >= 0.6 is 0 Å². The van der Waals surface area contributed by atoms with Crippen LogP contribution in [0.25, 0.3) is 11.5 Å². The minimum atomic E-state index is -0.596. The van der Waals surface area contributed by atoms with E-state index in [0.29, 0.717) is 24.0 Å². The summed E-state index contributed by atoms with van der Waals surface area (Å²) in [4.78, 5) is 23.8. The minimum Gasteiger partial charge on any atom is -0.388 e. The quantitative estimate of drug-likeness (QED) is 0.652. The van der Waals surface area contributed by atoms with Crippen LogP contribution in [0.4, 0.5) is 4.39 Å². The summed E-state index contributed by atoms with van der Waals surface area (Å²) in [6.07, 6.45) is 0.790. The highest BCUT2D eigenvalue weighted by Crippen LogP contribution is 2.15. The molecule has 0 aliphatic carbocycles. The zero-order valence-corrected chi connectivity index (χ0v) is 12.8. The molecule has 0 amide bonds. The molecule has 5 nitrogen and oxygen atoms in total. The van der Waals surface area contributed by atoms with Gasteiger partial charge in [0.05, 0.1) is 0 Å². The summed E-state index contributed by atoms with van der Waals surface area (Å²) < 4.78 is 19.2. The Morgan fingerprint density at radius 1 is 1.08 bits per heavy atom. The van der Waals surface area contributed by atoms with Crippen LogP contribution < -0.4 is 5.76 Å². The third-order valence-corrected chi connectivity index (χ3v) is 3.57. The second-order valence-electron chi connectivity index (χ2n) is 5.30. The van der Waals surface area contributed by atoms with Gasteiger partial charge in [0, 0.05) is 24.1 Å². The predicted molar refractivity (Wildman–Crippen MR) is 86.2 cm³/mol. The Bertz CT molecular complexity index is 883. The standard InChI is InChI=1S/C18H15FN2O3/c19-15-10-8-14(9-11-15)17-20-21(18(23)24-17)12-4-7-16(22)13-5-2-1-3-6-13/h1-3,5-6,8-11H,4,7,12H2. The summed E-state index contributed by atoms with van der Waals surface area (Å²) in [5.74, 6) is -0.818. The van der Waals surface area contributed by atoms with E-state index in [-0.39, 0.29) is 24.0 Å². The lowest BCUT2D eigenvalue weighted by Crippen LogP contribution is -2.16. The lowest BCUT2D eigenvalue weighted by molar-refractivity contribution is 0.0978. The fourth-order valence-corrected chi connectivity index (χ4v) is 2.31. The van der Waals surface area contributed by atoms with E-state index in [0.717, 1.165) is 0 Å². The fourth-order valence-electron chi connectivity index (χ4n) is 2.31. The van der Waals surface area contributed by atoms with Crippen LogP contribution in [-0.2, 0) is 6.54 Å². The molecule has 2 aromatic carbocycles. The molecule has 1 heterocycles. The predicted octanol–water partition coefficient (Wildman–Crippen LogP) is 3.31. The Hall–Kier alpha value is -3.02. The van der Waals surface area contributed by atoms with Crippen LogP contribution in [0.3, 0.4) is 0 Å². The molecule has 6 heteroatoms. The van der Waals surface area contributed by atoms with Gasteiger partial charge >= 0.3 is 5.76 Å². The number of Topliss-reactive ketones (excluding diaryl/α,β-unsaturated/α-hetero) is 1. The number of nitrogens with zero attached hydrogens (tertiary/aromatic N) is 2. The zero-order valence-electron chi connectivity index (χ0n) is 12.8. The van der Waals surface area contributed by atoms with Crippen molar-refractivity contribution < 1.29 is 13.6 Å². The van der Waals surface area contributed by atoms with E-state index in [2.05, 4.69) is 5.10 Å². The number of rotatable bonds is 6. The van der Waals surface area contributed by atoms with Crippen molar-refractivity contribution >= 4 is 5.78 Å². The lowest BCUT2D eigenvalue weighted by Gasteiger charge is -2.00. The third kappa shape index (κ3) is 3.65. The summed E-state index contributed by atoms with van der Waals surface area (Å²) >= 11 is 0. The molecule has 0 N–H and O–H groups in total. The average Bonchev–Trinajstić information content (AvgIpc) is 2.97. The van der Waals surface area contributed by atoms with Gasteiger partial charge in [0.25, 0.3) is 0 Å². The first-order valence-corrected chi connectivity index (χ1v) is 7.55. The molecule has 3 aromatic rings. The second-order valence-corrected chi connectivity index (χ2v) is 5.30. The van der Waals surface area contributed by atoms with Crippen molar-refractivity contribution in [3.05, 3.63) is 76.5 Å². The average molecular weight is 326 g/mol. The van der Waals surface area contributed by atoms with Crippen molar-refractivity contribution in [2.75, 3.05) is 0 Å². The SMILES string of the molecule is O=C(CCCn1nc(-c2ccc(F)cc2)oc1=O)c1ccccc1. The smallest absolute Gasteiger partial charge is 0.388 e. The molecule has 0 saturated carbocycles. The highest BCUT2D eigenvalue weighted by Gasteiger charge is 2.11. The molecule has 3 rings (SSSR count). The Morgan fingerprint density at radius 2 is 1.79 bits per heavy atom. The number of carbonyl (C=O) groups excluding carboxylic acids is 1. The molecule has 0 atom stereocenters. The van der Waals surface area contributed by atoms with E-state index in [9.17, 15) is 14.0 Å². The van der Waals surface area contributed by atoms with E-state index in [4.69, 9.17) is 4.42 Å². The number of hydrogen-bond donors (Lipinski definition) is 0. The molecular weight excluding hydrogens is 311 g/mol. The van der Waals surface area contributed by atoms with Crippen molar-refractivity contribution in [2.45, 2.75) is 19.4 Å². The third-order valence-electron chi connectivity index (χ3n) is 3.57. The molecule has 0 bridgehead atoms.